The molecule has 0 aromatic heterocycles. The number of nitrogens with one attached hydrogen (secondary N) is 3. The van der Waals surface area contributed by atoms with E-state index in [1.54, 1.807) is 14.1 Å². The van der Waals surface area contributed by atoms with Gasteiger partial charge < -0.3 is 16.0 Å². The van der Waals surface area contributed by atoms with Crippen LogP contribution in [0.4, 0.5) is 0 Å². The second-order valence-electron chi connectivity index (χ2n) is 3.76. The molecule has 0 saturated carbocycles. The summed E-state index contributed by atoms with van der Waals surface area (Å²) < 4.78 is 0. The Bertz CT molecular complexity index is 395. The van der Waals surface area contributed by atoms with E-state index >= 15 is 0 Å². The highest BCUT2D eigenvalue weighted by Crippen LogP contribution is 1.97. The van der Waals surface area contributed by atoms with Crippen molar-refractivity contribution in [2.45, 2.75) is 6.42 Å². The fourth-order valence-corrected chi connectivity index (χ4v) is 1.50. The van der Waals surface area contributed by atoms with Crippen LogP contribution in [0.3, 0.4) is 0 Å². The van der Waals surface area contributed by atoms with Crippen molar-refractivity contribution in [1.29, 1.82) is 0 Å². The smallest absolute Gasteiger partial charge is 0.239 e. The van der Waals surface area contributed by atoms with Gasteiger partial charge in [-0.1, -0.05) is 30.3 Å². The summed E-state index contributed by atoms with van der Waals surface area (Å²) in [5.74, 6) is 0.565. The van der Waals surface area contributed by atoms with Gasteiger partial charge in [-0.25, -0.2) is 0 Å². The van der Waals surface area contributed by atoms with Gasteiger partial charge in [0.2, 0.25) is 5.91 Å². The molecular weight excluding hydrogens is 355 g/mol. The number of halogens is 1. The maximum atomic E-state index is 11.5. The molecule has 0 aliphatic carbocycles. The summed E-state index contributed by atoms with van der Waals surface area (Å²) in [5, 5.41) is 8.59. The Balaban J connectivity index is 0.00000324. The number of hydrogen-bond donors (Lipinski definition) is 3. The quantitative estimate of drug-likeness (QED) is 0.404. The largest absolute Gasteiger partial charge is 0.359 e. The Kier molecular flexibility index (Phi) is 9.87. The van der Waals surface area contributed by atoms with Gasteiger partial charge in [0.15, 0.2) is 5.96 Å². The molecule has 3 N–H and O–H groups in total. The van der Waals surface area contributed by atoms with Crippen LogP contribution in [0.15, 0.2) is 35.3 Å². The first-order chi connectivity index (χ1) is 8.76. The Hall–Kier alpha value is -1.31. The summed E-state index contributed by atoms with van der Waals surface area (Å²) in [4.78, 5) is 15.4. The number of nitrogens with zero attached hydrogens (tertiary/aromatic N) is 1. The molecule has 19 heavy (non-hydrogen) atoms. The predicted molar refractivity (Wildman–Crippen MR) is 89.0 cm³/mol. The lowest BCUT2D eigenvalue weighted by molar-refractivity contribution is -0.119. The van der Waals surface area contributed by atoms with Gasteiger partial charge in [0, 0.05) is 20.6 Å². The van der Waals surface area contributed by atoms with Crippen LogP contribution in [0.1, 0.15) is 5.56 Å². The molecule has 0 atom stereocenters. The Labute approximate surface area is 131 Å². The molecule has 1 amide bonds. The molecule has 0 aliphatic rings. The molecule has 6 heteroatoms. The topological polar surface area (TPSA) is 65.5 Å². The lowest BCUT2D eigenvalue weighted by Gasteiger charge is -2.09. The summed E-state index contributed by atoms with van der Waals surface area (Å²) in [7, 11) is 3.41. The van der Waals surface area contributed by atoms with Crippen molar-refractivity contribution in [3.63, 3.8) is 0 Å². The van der Waals surface area contributed by atoms with Gasteiger partial charge in [0.25, 0.3) is 0 Å². The van der Waals surface area contributed by atoms with Gasteiger partial charge in [-0.15, -0.1) is 24.0 Å². The monoisotopic (exact) mass is 376 g/mol. The third kappa shape index (κ3) is 7.66. The summed E-state index contributed by atoms with van der Waals surface area (Å²) in [6.45, 7) is 0.866. The molecule has 0 radical (unpaired) electrons. The molecule has 0 aliphatic heterocycles. The van der Waals surface area contributed by atoms with Gasteiger partial charge in [-0.2, -0.15) is 0 Å². The number of carbonyl (C=O) groups is 1. The van der Waals surface area contributed by atoms with Crippen molar-refractivity contribution in [2.75, 3.05) is 27.2 Å². The Morgan fingerprint density at radius 3 is 2.47 bits per heavy atom. The minimum atomic E-state index is -0.0395. The van der Waals surface area contributed by atoms with E-state index in [0.29, 0.717) is 12.5 Å². The highest BCUT2D eigenvalue weighted by Gasteiger charge is 2.01. The second-order valence-corrected chi connectivity index (χ2v) is 3.76. The molecule has 0 bridgehead atoms. The van der Waals surface area contributed by atoms with Crippen molar-refractivity contribution < 1.29 is 4.79 Å². The third-order valence-electron chi connectivity index (χ3n) is 2.46. The second kappa shape index (κ2) is 10.6. The molecule has 106 valence electrons. The summed E-state index contributed by atoms with van der Waals surface area (Å²) in [6.07, 6.45) is 0.841. The van der Waals surface area contributed by atoms with E-state index in [-0.39, 0.29) is 36.4 Å². The molecule has 0 fully saturated rings. The van der Waals surface area contributed by atoms with Gasteiger partial charge >= 0.3 is 0 Å². The van der Waals surface area contributed by atoms with Crippen molar-refractivity contribution in [2.24, 2.45) is 4.99 Å². The first-order valence-corrected chi connectivity index (χ1v) is 5.95. The van der Waals surface area contributed by atoms with Crippen LogP contribution >= 0.6 is 24.0 Å². The van der Waals surface area contributed by atoms with E-state index in [0.717, 1.165) is 6.42 Å². The lowest BCUT2D eigenvalue weighted by atomic mass is 10.1. The van der Waals surface area contributed by atoms with E-state index in [4.69, 9.17) is 0 Å². The van der Waals surface area contributed by atoms with Gasteiger partial charge in [0.05, 0.1) is 6.54 Å². The van der Waals surface area contributed by atoms with Gasteiger partial charge in [-0.3, -0.25) is 9.79 Å². The average Bonchev–Trinajstić information content (AvgIpc) is 2.41. The number of benzene rings is 1. The fourth-order valence-electron chi connectivity index (χ4n) is 1.50. The van der Waals surface area contributed by atoms with Crippen molar-refractivity contribution in [3.05, 3.63) is 35.9 Å². The molecule has 0 saturated heterocycles. The maximum absolute atomic E-state index is 11.5. The molecule has 1 aromatic rings. The number of hydrogen-bond acceptors (Lipinski definition) is 2. The van der Waals surface area contributed by atoms with Crippen molar-refractivity contribution in [1.82, 2.24) is 16.0 Å². The molecule has 1 aromatic carbocycles. The van der Waals surface area contributed by atoms with E-state index < -0.39 is 0 Å². The first-order valence-electron chi connectivity index (χ1n) is 5.95. The fraction of sp³-hybridized carbons (Fsp3) is 0.385. The highest BCUT2D eigenvalue weighted by molar-refractivity contribution is 14.0. The highest BCUT2D eigenvalue weighted by atomic mass is 127. The normalized spacial score (nSPS) is 10.3. The zero-order chi connectivity index (χ0) is 13.2. The van der Waals surface area contributed by atoms with Crippen LogP contribution in [0.5, 0.6) is 0 Å². The van der Waals surface area contributed by atoms with E-state index in [1.807, 2.05) is 30.3 Å². The number of amides is 1. The van der Waals surface area contributed by atoms with Crippen molar-refractivity contribution >= 4 is 35.8 Å². The van der Waals surface area contributed by atoms with Crippen LogP contribution in [-0.2, 0) is 11.2 Å². The SMILES string of the molecule is CN=C(NC)NCC(=O)NCCc1ccccc1.I. The van der Waals surface area contributed by atoms with Gasteiger partial charge in [-0.05, 0) is 12.0 Å². The number of rotatable bonds is 5. The minimum absolute atomic E-state index is 0. The Morgan fingerprint density at radius 1 is 1.21 bits per heavy atom. The zero-order valence-electron chi connectivity index (χ0n) is 11.3. The summed E-state index contributed by atoms with van der Waals surface area (Å²) in [5.41, 5.74) is 1.22. The minimum Gasteiger partial charge on any atom is -0.359 e. The number of guanidine groups is 1. The summed E-state index contributed by atoms with van der Waals surface area (Å²) >= 11 is 0. The predicted octanol–water partition coefficient (Wildman–Crippen LogP) is 0.758. The van der Waals surface area contributed by atoms with Crippen LogP contribution in [0.25, 0.3) is 0 Å². The maximum Gasteiger partial charge on any atom is 0.239 e. The van der Waals surface area contributed by atoms with Gasteiger partial charge in [0.1, 0.15) is 0 Å². The van der Waals surface area contributed by atoms with Crippen LogP contribution in [0, 0.1) is 0 Å². The van der Waals surface area contributed by atoms with E-state index in [1.165, 1.54) is 5.56 Å². The van der Waals surface area contributed by atoms with Crippen LogP contribution in [-0.4, -0.2) is 39.1 Å². The van der Waals surface area contributed by atoms with Crippen LogP contribution < -0.4 is 16.0 Å². The molecule has 0 unspecified atom stereocenters. The average molecular weight is 376 g/mol. The molecule has 5 nitrogen and oxygen atoms in total. The Morgan fingerprint density at radius 2 is 1.89 bits per heavy atom. The number of aliphatic imine (C=N–C) groups is 1. The van der Waals surface area contributed by atoms with E-state index in [2.05, 4.69) is 20.9 Å². The molecular formula is C13H21IN4O. The van der Waals surface area contributed by atoms with E-state index in [9.17, 15) is 4.79 Å². The molecule has 0 spiro atoms. The molecule has 1 rings (SSSR count). The summed E-state index contributed by atoms with van der Waals surface area (Å²) in [6, 6.07) is 10.1. The lowest BCUT2D eigenvalue weighted by Crippen LogP contribution is -2.42. The van der Waals surface area contributed by atoms with Crippen molar-refractivity contribution in [3.8, 4) is 0 Å². The van der Waals surface area contributed by atoms with Crippen LogP contribution in [0.2, 0.25) is 0 Å². The molecule has 0 heterocycles. The standard InChI is InChI=1S/C13H20N4O.HI/c1-14-13(15-2)17-10-12(18)16-9-8-11-6-4-3-5-7-11;/h3-7H,8-10H2,1-2H3,(H,16,18)(H2,14,15,17);1H. The zero-order valence-corrected chi connectivity index (χ0v) is 13.6. The first kappa shape index (κ1) is 17.7. The third-order valence-corrected chi connectivity index (χ3v) is 2.46. The number of carbonyl (C=O) groups excluding carboxylic acids is 1.